The number of carbonyl (C=O) groups excluding carboxylic acids is 1. The predicted molar refractivity (Wildman–Crippen MR) is 99.4 cm³/mol. The first kappa shape index (κ1) is 17.5. The second-order valence-corrected chi connectivity index (χ2v) is 7.58. The molecule has 3 heterocycles. The summed E-state index contributed by atoms with van der Waals surface area (Å²) in [6.07, 6.45) is 10.6. The third-order valence-electron chi connectivity index (χ3n) is 5.75. The fourth-order valence-electron chi connectivity index (χ4n) is 4.26. The number of piperidine rings is 1. The zero-order chi connectivity index (χ0) is 17.8. The molecule has 0 bridgehead atoms. The number of amides is 2. The van der Waals surface area contributed by atoms with Crippen LogP contribution in [0.5, 0.6) is 0 Å². The van der Waals surface area contributed by atoms with E-state index in [1.54, 1.807) is 6.33 Å². The van der Waals surface area contributed by atoms with E-state index in [1.165, 1.54) is 24.1 Å². The third-order valence-corrected chi connectivity index (χ3v) is 5.75. The molecule has 0 radical (unpaired) electrons. The molecule has 1 aromatic heterocycles. The van der Waals surface area contributed by atoms with Gasteiger partial charge in [-0.1, -0.05) is 0 Å². The number of ether oxygens (including phenoxy) is 1. The van der Waals surface area contributed by atoms with E-state index in [0.29, 0.717) is 6.54 Å². The summed E-state index contributed by atoms with van der Waals surface area (Å²) in [5, 5.41) is 6.06. The molecule has 0 aromatic carbocycles. The number of hydrogen-bond acceptors (Lipinski definition) is 5. The lowest BCUT2D eigenvalue weighted by molar-refractivity contribution is 0.111. The smallest absolute Gasteiger partial charge is 0.315 e. The topological polar surface area (TPSA) is 79.4 Å². The van der Waals surface area contributed by atoms with Crippen molar-refractivity contribution in [3.05, 3.63) is 17.6 Å². The molecule has 4 rings (SSSR count). The largest absolute Gasteiger partial charge is 0.376 e. The molecule has 26 heavy (non-hydrogen) atoms. The van der Waals surface area contributed by atoms with Crippen LogP contribution in [0.2, 0.25) is 0 Å². The van der Waals surface area contributed by atoms with Gasteiger partial charge in [-0.25, -0.2) is 14.8 Å². The zero-order valence-corrected chi connectivity index (χ0v) is 15.4. The number of nitrogens with one attached hydrogen (secondary N) is 2. The Morgan fingerprint density at radius 1 is 1.15 bits per heavy atom. The van der Waals surface area contributed by atoms with Crippen LogP contribution >= 0.6 is 0 Å². The molecule has 0 spiro atoms. The Bertz CT molecular complexity index is 624. The van der Waals surface area contributed by atoms with Gasteiger partial charge in [-0.05, 0) is 51.4 Å². The van der Waals surface area contributed by atoms with Crippen LogP contribution < -0.4 is 15.5 Å². The Balaban J connectivity index is 1.26. The molecule has 142 valence electrons. The summed E-state index contributed by atoms with van der Waals surface area (Å²) < 4.78 is 5.54. The Kier molecular flexibility index (Phi) is 5.53. The number of aryl methyl sites for hydroxylation is 1. The van der Waals surface area contributed by atoms with Crippen LogP contribution in [0.25, 0.3) is 0 Å². The molecule has 0 unspecified atom stereocenters. The van der Waals surface area contributed by atoms with Crippen LogP contribution in [0.1, 0.15) is 49.8 Å². The Hall–Kier alpha value is -1.89. The number of anilines is 1. The molecule has 2 N–H and O–H groups in total. The predicted octanol–water partition coefficient (Wildman–Crippen LogP) is 1.80. The zero-order valence-electron chi connectivity index (χ0n) is 15.4. The van der Waals surface area contributed by atoms with Gasteiger partial charge in [0.15, 0.2) is 0 Å². The fourth-order valence-corrected chi connectivity index (χ4v) is 4.26. The number of rotatable bonds is 4. The van der Waals surface area contributed by atoms with E-state index < -0.39 is 0 Å². The SMILES string of the molecule is O=C(NC[C@H]1CCCO1)NC1CCN(c2ncnc3c2CCCC3)CC1. The molecular formula is C19H29N5O2. The number of nitrogens with zero attached hydrogens (tertiary/aromatic N) is 3. The van der Waals surface area contributed by atoms with Crippen molar-refractivity contribution >= 4 is 11.8 Å². The minimum absolute atomic E-state index is 0.0710. The molecular weight excluding hydrogens is 330 g/mol. The van der Waals surface area contributed by atoms with Gasteiger partial charge in [0.2, 0.25) is 0 Å². The summed E-state index contributed by atoms with van der Waals surface area (Å²) in [4.78, 5) is 23.5. The van der Waals surface area contributed by atoms with E-state index in [1.807, 2.05) is 0 Å². The quantitative estimate of drug-likeness (QED) is 0.857. The maximum atomic E-state index is 12.1. The van der Waals surface area contributed by atoms with Gasteiger partial charge in [0.25, 0.3) is 0 Å². The summed E-state index contributed by atoms with van der Waals surface area (Å²) in [5.74, 6) is 1.12. The molecule has 7 nitrogen and oxygen atoms in total. The van der Waals surface area contributed by atoms with Gasteiger partial charge in [-0.3, -0.25) is 0 Å². The van der Waals surface area contributed by atoms with E-state index in [2.05, 4.69) is 25.5 Å². The summed E-state index contributed by atoms with van der Waals surface area (Å²) in [6.45, 7) is 3.29. The van der Waals surface area contributed by atoms with Crippen molar-refractivity contribution in [3.8, 4) is 0 Å². The summed E-state index contributed by atoms with van der Waals surface area (Å²) in [7, 11) is 0. The Morgan fingerprint density at radius 3 is 2.81 bits per heavy atom. The van der Waals surface area contributed by atoms with Crippen LogP contribution in [-0.4, -0.2) is 54.4 Å². The minimum atomic E-state index is -0.0710. The first-order chi connectivity index (χ1) is 12.8. The minimum Gasteiger partial charge on any atom is -0.376 e. The van der Waals surface area contributed by atoms with Gasteiger partial charge in [0.05, 0.1) is 6.10 Å². The summed E-state index contributed by atoms with van der Waals surface area (Å²) in [6, 6.07) is 0.159. The van der Waals surface area contributed by atoms with Crippen LogP contribution in [-0.2, 0) is 17.6 Å². The van der Waals surface area contributed by atoms with Gasteiger partial charge < -0.3 is 20.3 Å². The molecule has 7 heteroatoms. The van der Waals surface area contributed by atoms with Crippen molar-refractivity contribution in [1.29, 1.82) is 0 Å². The number of hydrogen-bond donors (Lipinski definition) is 2. The number of aromatic nitrogens is 2. The average molecular weight is 359 g/mol. The van der Waals surface area contributed by atoms with Crippen molar-refractivity contribution in [2.75, 3.05) is 31.1 Å². The van der Waals surface area contributed by atoms with E-state index >= 15 is 0 Å². The highest BCUT2D eigenvalue weighted by Gasteiger charge is 2.25. The Labute approximate surface area is 154 Å². The highest BCUT2D eigenvalue weighted by molar-refractivity contribution is 5.74. The van der Waals surface area contributed by atoms with E-state index in [4.69, 9.17) is 4.74 Å². The molecule has 3 aliphatic rings. The molecule has 2 fully saturated rings. The first-order valence-electron chi connectivity index (χ1n) is 10.0. The van der Waals surface area contributed by atoms with Gasteiger partial charge in [-0.2, -0.15) is 0 Å². The molecule has 1 atom stereocenters. The first-order valence-corrected chi connectivity index (χ1v) is 10.0. The number of carbonyl (C=O) groups is 1. The van der Waals surface area contributed by atoms with Crippen molar-refractivity contribution in [2.24, 2.45) is 0 Å². The van der Waals surface area contributed by atoms with E-state index in [9.17, 15) is 4.79 Å². The highest BCUT2D eigenvalue weighted by atomic mass is 16.5. The van der Waals surface area contributed by atoms with Gasteiger partial charge >= 0.3 is 6.03 Å². The van der Waals surface area contributed by atoms with Crippen LogP contribution in [0.3, 0.4) is 0 Å². The van der Waals surface area contributed by atoms with Crippen molar-refractivity contribution in [1.82, 2.24) is 20.6 Å². The normalized spacial score (nSPS) is 23.5. The van der Waals surface area contributed by atoms with Gasteiger partial charge in [0, 0.05) is 43.5 Å². The maximum absolute atomic E-state index is 12.1. The lowest BCUT2D eigenvalue weighted by atomic mass is 9.95. The van der Waals surface area contributed by atoms with Crippen LogP contribution in [0.4, 0.5) is 10.6 Å². The molecule has 1 aliphatic carbocycles. The van der Waals surface area contributed by atoms with Gasteiger partial charge in [0.1, 0.15) is 12.1 Å². The highest BCUT2D eigenvalue weighted by Crippen LogP contribution is 2.28. The second kappa shape index (κ2) is 8.20. The summed E-state index contributed by atoms with van der Waals surface area (Å²) >= 11 is 0. The van der Waals surface area contributed by atoms with Crippen molar-refractivity contribution in [2.45, 2.75) is 63.5 Å². The van der Waals surface area contributed by atoms with Crippen LogP contribution in [0, 0.1) is 0 Å². The number of fused-ring (bicyclic) bond motifs is 1. The average Bonchev–Trinajstić information content (AvgIpc) is 3.20. The lowest BCUT2D eigenvalue weighted by Gasteiger charge is -2.35. The van der Waals surface area contributed by atoms with Crippen molar-refractivity contribution in [3.63, 3.8) is 0 Å². The van der Waals surface area contributed by atoms with E-state index in [-0.39, 0.29) is 18.2 Å². The maximum Gasteiger partial charge on any atom is 0.315 e. The standard InChI is InChI=1S/C19H29N5O2/c25-19(20-12-15-4-3-11-26-15)23-14-7-9-24(10-8-14)18-16-5-1-2-6-17(16)21-13-22-18/h13-15H,1-12H2,(H2,20,23,25)/t15-/m1/s1. The molecule has 2 aliphatic heterocycles. The third kappa shape index (κ3) is 4.09. The van der Waals surface area contributed by atoms with E-state index in [0.717, 1.165) is 64.0 Å². The second-order valence-electron chi connectivity index (χ2n) is 7.58. The lowest BCUT2D eigenvalue weighted by Crippen LogP contribution is -2.49. The Morgan fingerprint density at radius 2 is 2.00 bits per heavy atom. The van der Waals surface area contributed by atoms with Crippen molar-refractivity contribution < 1.29 is 9.53 Å². The fraction of sp³-hybridized carbons (Fsp3) is 0.737. The number of urea groups is 1. The molecule has 0 saturated carbocycles. The molecule has 1 aromatic rings. The molecule has 2 amide bonds. The monoisotopic (exact) mass is 359 g/mol. The van der Waals surface area contributed by atoms with Gasteiger partial charge in [-0.15, -0.1) is 0 Å². The van der Waals surface area contributed by atoms with Crippen LogP contribution in [0.15, 0.2) is 6.33 Å². The molecule has 2 saturated heterocycles. The summed E-state index contributed by atoms with van der Waals surface area (Å²) in [5.41, 5.74) is 2.58.